The fraction of sp³-hybridized carbons (Fsp3) is 0.100. The zero-order valence-corrected chi connectivity index (χ0v) is 10.9. The van der Waals surface area contributed by atoms with Gasteiger partial charge in [0.2, 0.25) is 5.91 Å². The second-order valence-corrected chi connectivity index (χ2v) is 4.18. The van der Waals surface area contributed by atoms with Gasteiger partial charge in [-0.15, -0.1) is 0 Å². The summed E-state index contributed by atoms with van der Waals surface area (Å²) in [6.07, 6.45) is 2.97. The Hall–Kier alpha value is -1.40. The molecule has 0 unspecified atom stereocenters. The third kappa shape index (κ3) is 2.83. The van der Waals surface area contributed by atoms with Crippen molar-refractivity contribution in [1.82, 2.24) is 14.8 Å². The number of rotatable bonds is 3. The molecule has 1 heterocycles. The lowest BCUT2D eigenvalue weighted by Crippen LogP contribution is -2.14. The van der Waals surface area contributed by atoms with Crippen LogP contribution in [0.15, 0.2) is 30.9 Å². The lowest BCUT2D eigenvalue weighted by atomic mass is 10.2. The first-order chi connectivity index (χ1) is 8.20. The fourth-order valence-corrected chi connectivity index (χ4v) is 1.64. The van der Waals surface area contributed by atoms with Crippen molar-refractivity contribution < 1.29 is 4.79 Å². The number of nitrogens with one attached hydrogen (secondary N) is 1. The fourth-order valence-electron chi connectivity index (χ4n) is 1.32. The lowest BCUT2D eigenvalue weighted by molar-refractivity contribution is -0.113. The van der Waals surface area contributed by atoms with E-state index in [4.69, 9.17) is 11.6 Å². The molecule has 0 aliphatic rings. The highest BCUT2D eigenvalue weighted by atomic mass is 79.9. The Balaban J connectivity index is 2.41. The van der Waals surface area contributed by atoms with Crippen LogP contribution in [0.25, 0.3) is 5.69 Å². The predicted octanol–water partition coefficient (Wildman–Crippen LogP) is 2.25. The van der Waals surface area contributed by atoms with Gasteiger partial charge in [-0.05, 0) is 18.2 Å². The molecule has 2 aromatic rings. The lowest BCUT2D eigenvalue weighted by Gasteiger charge is -2.10. The summed E-state index contributed by atoms with van der Waals surface area (Å²) >= 11 is 8.98. The standard InChI is InChI=1S/C10H8BrClN4O/c11-4-10(17)15-8-3-7(12)1-2-9(8)16-6-13-5-14-16/h1-3,5-6H,4H2,(H,15,17). The number of nitrogens with zero attached hydrogens (tertiary/aromatic N) is 3. The van der Waals surface area contributed by atoms with Gasteiger partial charge in [0.1, 0.15) is 12.7 Å². The Morgan fingerprint density at radius 2 is 2.35 bits per heavy atom. The Labute approximate surface area is 111 Å². The van der Waals surface area contributed by atoms with Crippen molar-refractivity contribution in [3.05, 3.63) is 35.9 Å². The smallest absolute Gasteiger partial charge is 0.235 e. The quantitative estimate of drug-likeness (QED) is 0.884. The summed E-state index contributed by atoms with van der Waals surface area (Å²) in [7, 11) is 0. The average Bonchev–Trinajstić information content (AvgIpc) is 2.82. The first-order valence-corrected chi connectivity index (χ1v) is 6.21. The molecule has 88 valence electrons. The zero-order chi connectivity index (χ0) is 12.3. The molecule has 1 aromatic carbocycles. The molecule has 2 rings (SSSR count). The first-order valence-electron chi connectivity index (χ1n) is 4.71. The van der Waals surface area contributed by atoms with E-state index in [2.05, 4.69) is 31.3 Å². The van der Waals surface area contributed by atoms with Crippen molar-refractivity contribution in [3.63, 3.8) is 0 Å². The number of aromatic nitrogens is 3. The van der Waals surface area contributed by atoms with Crippen LogP contribution in [0.1, 0.15) is 0 Å². The molecule has 0 aliphatic heterocycles. The Morgan fingerprint density at radius 1 is 1.53 bits per heavy atom. The van der Waals surface area contributed by atoms with E-state index in [1.807, 2.05) is 0 Å². The van der Waals surface area contributed by atoms with E-state index in [1.54, 1.807) is 29.2 Å². The van der Waals surface area contributed by atoms with Crippen LogP contribution in [0.5, 0.6) is 0 Å². The number of amides is 1. The minimum absolute atomic E-state index is 0.159. The molecule has 0 aliphatic carbocycles. The minimum atomic E-state index is -0.159. The summed E-state index contributed by atoms with van der Waals surface area (Å²) < 4.78 is 1.56. The highest BCUT2D eigenvalue weighted by molar-refractivity contribution is 9.09. The number of hydrogen-bond donors (Lipinski definition) is 1. The van der Waals surface area contributed by atoms with Crippen molar-refractivity contribution in [3.8, 4) is 5.69 Å². The molecule has 0 radical (unpaired) electrons. The van der Waals surface area contributed by atoms with Gasteiger partial charge in [0.05, 0.1) is 16.7 Å². The van der Waals surface area contributed by atoms with Gasteiger partial charge in [0.15, 0.2) is 0 Å². The topological polar surface area (TPSA) is 59.8 Å². The highest BCUT2D eigenvalue weighted by Gasteiger charge is 2.08. The zero-order valence-electron chi connectivity index (χ0n) is 8.60. The van der Waals surface area contributed by atoms with Gasteiger partial charge in [0, 0.05) is 5.02 Å². The molecule has 1 amide bonds. The summed E-state index contributed by atoms with van der Waals surface area (Å²) in [5.41, 5.74) is 1.30. The van der Waals surface area contributed by atoms with Gasteiger partial charge >= 0.3 is 0 Å². The van der Waals surface area contributed by atoms with Crippen LogP contribution in [-0.2, 0) is 4.79 Å². The molecule has 0 saturated carbocycles. The van der Waals surface area contributed by atoms with Gasteiger partial charge < -0.3 is 5.32 Å². The maximum Gasteiger partial charge on any atom is 0.235 e. The Kier molecular flexibility index (Phi) is 3.75. The molecule has 1 aromatic heterocycles. The number of benzene rings is 1. The SMILES string of the molecule is O=C(CBr)Nc1cc(Cl)ccc1-n1cncn1. The predicted molar refractivity (Wildman–Crippen MR) is 68.8 cm³/mol. The van der Waals surface area contributed by atoms with Gasteiger partial charge in [0.25, 0.3) is 0 Å². The molecule has 0 atom stereocenters. The molecule has 1 N–H and O–H groups in total. The van der Waals surface area contributed by atoms with E-state index in [9.17, 15) is 4.79 Å². The third-order valence-electron chi connectivity index (χ3n) is 2.02. The van der Waals surface area contributed by atoms with Crippen molar-refractivity contribution >= 4 is 39.1 Å². The highest BCUT2D eigenvalue weighted by Crippen LogP contribution is 2.23. The van der Waals surface area contributed by atoms with Crippen molar-refractivity contribution in [1.29, 1.82) is 0 Å². The average molecular weight is 316 g/mol. The summed E-state index contributed by atoms with van der Waals surface area (Å²) in [4.78, 5) is 15.2. The van der Waals surface area contributed by atoms with Gasteiger partial charge in [-0.3, -0.25) is 4.79 Å². The molecular formula is C10H8BrClN4O. The van der Waals surface area contributed by atoms with E-state index in [0.717, 1.165) is 0 Å². The Bertz CT molecular complexity index is 529. The number of carbonyl (C=O) groups excluding carboxylic acids is 1. The van der Waals surface area contributed by atoms with Crippen LogP contribution in [0, 0.1) is 0 Å². The molecule has 17 heavy (non-hydrogen) atoms. The van der Waals surface area contributed by atoms with Gasteiger partial charge in [-0.2, -0.15) is 5.10 Å². The molecule has 7 heteroatoms. The number of hydrogen-bond acceptors (Lipinski definition) is 3. The molecular weight excluding hydrogens is 307 g/mol. The molecule has 0 saturated heterocycles. The van der Waals surface area contributed by atoms with Crippen LogP contribution in [0.3, 0.4) is 0 Å². The van der Waals surface area contributed by atoms with E-state index < -0.39 is 0 Å². The van der Waals surface area contributed by atoms with E-state index in [1.165, 1.54) is 6.33 Å². The summed E-state index contributed by atoms with van der Waals surface area (Å²) in [5.74, 6) is -0.159. The van der Waals surface area contributed by atoms with Gasteiger partial charge in [-0.1, -0.05) is 27.5 Å². The second-order valence-electron chi connectivity index (χ2n) is 3.18. The van der Waals surface area contributed by atoms with Crippen molar-refractivity contribution in [2.45, 2.75) is 0 Å². The normalized spacial score (nSPS) is 10.2. The van der Waals surface area contributed by atoms with Crippen LogP contribution >= 0.6 is 27.5 Å². The Morgan fingerprint density at radius 3 is 3.00 bits per heavy atom. The van der Waals surface area contributed by atoms with Crippen molar-refractivity contribution in [2.75, 3.05) is 10.6 Å². The molecule has 5 nitrogen and oxygen atoms in total. The number of alkyl halides is 1. The van der Waals surface area contributed by atoms with Crippen LogP contribution in [-0.4, -0.2) is 26.0 Å². The van der Waals surface area contributed by atoms with Crippen molar-refractivity contribution in [2.24, 2.45) is 0 Å². The summed E-state index contributed by atoms with van der Waals surface area (Å²) in [6, 6.07) is 5.16. The maximum atomic E-state index is 11.4. The number of anilines is 1. The van der Waals surface area contributed by atoms with Crippen LogP contribution < -0.4 is 5.32 Å². The van der Waals surface area contributed by atoms with E-state index in [0.29, 0.717) is 16.4 Å². The van der Waals surface area contributed by atoms with Gasteiger partial charge in [-0.25, -0.2) is 9.67 Å². The molecule has 0 bridgehead atoms. The van der Waals surface area contributed by atoms with Crippen LogP contribution in [0.4, 0.5) is 5.69 Å². The third-order valence-corrected chi connectivity index (χ3v) is 2.76. The molecule has 0 spiro atoms. The molecule has 0 fully saturated rings. The second kappa shape index (κ2) is 5.29. The minimum Gasteiger partial charge on any atom is -0.323 e. The van der Waals surface area contributed by atoms with E-state index >= 15 is 0 Å². The summed E-state index contributed by atoms with van der Waals surface area (Å²) in [6.45, 7) is 0. The number of carbonyl (C=O) groups is 1. The van der Waals surface area contributed by atoms with Crippen LogP contribution in [0.2, 0.25) is 5.02 Å². The first kappa shape index (κ1) is 12.1. The largest absolute Gasteiger partial charge is 0.323 e. The van der Waals surface area contributed by atoms with E-state index in [-0.39, 0.29) is 11.2 Å². The monoisotopic (exact) mass is 314 g/mol. The maximum absolute atomic E-state index is 11.4. The summed E-state index contributed by atoms with van der Waals surface area (Å²) in [5, 5.41) is 7.50. The number of halogens is 2.